The van der Waals surface area contributed by atoms with Gasteiger partial charge in [0.2, 0.25) is 0 Å². The van der Waals surface area contributed by atoms with Crippen LogP contribution in [0.5, 0.6) is 0 Å². The number of nitrogen functional groups attached to an aromatic ring is 1. The highest BCUT2D eigenvalue weighted by atomic mass is 79.9. The molecule has 0 aliphatic heterocycles. The largest absolute Gasteiger partial charge is 0.398 e. The monoisotopic (exact) mass is 237 g/mol. The number of aromatic nitrogens is 2. The number of benzene rings is 1. The Kier molecular flexibility index (Phi) is 2.06. The molecule has 0 aliphatic rings. The summed E-state index contributed by atoms with van der Waals surface area (Å²) in [6.45, 7) is 0. The van der Waals surface area contributed by atoms with Gasteiger partial charge in [0.15, 0.2) is 0 Å². The molecule has 2 N–H and O–H groups in total. The number of nitrogens with two attached hydrogens (primary N) is 1. The van der Waals surface area contributed by atoms with Gasteiger partial charge >= 0.3 is 0 Å². The van der Waals surface area contributed by atoms with E-state index in [4.69, 9.17) is 5.73 Å². The van der Waals surface area contributed by atoms with Crippen molar-refractivity contribution < 1.29 is 0 Å². The molecule has 0 radical (unpaired) electrons. The predicted octanol–water partition coefficient (Wildman–Crippen LogP) is 2.22. The summed E-state index contributed by atoms with van der Waals surface area (Å²) in [4.78, 5) is 3.96. The van der Waals surface area contributed by atoms with Crippen LogP contribution in [0.3, 0.4) is 0 Å². The number of rotatable bonds is 1. The Morgan fingerprint density at radius 3 is 2.85 bits per heavy atom. The summed E-state index contributed by atoms with van der Waals surface area (Å²) in [7, 11) is 0. The third-order valence-electron chi connectivity index (χ3n) is 1.78. The van der Waals surface area contributed by atoms with Gasteiger partial charge in [-0.2, -0.15) is 0 Å². The van der Waals surface area contributed by atoms with Crippen molar-refractivity contribution in [3.8, 4) is 5.69 Å². The van der Waals surface area contributed by atoms with Gasteiger partial charge in [-0.1, -0.05) is 0 Å². The van der Waals surface area contributed by atoms with E-state index >= 15 is 0 Å². The summed E-state index contributed by atoms with van der Waals surface area (Å²) in [6, 6.07) is 5.79. The lowest BCUT2D eigenvalue weighted by atomic mass is 10.3. The molecule has 1 aromatic carbocycles. The Bertz CT molecular complexity index is 409. The van der Waals surface area contributed by atoms with Gasteiger partial charge in [0.25, 0.3) is 0 Å². The normalized spacial score (nSPS) is 10.2. The van der Waals surface area contributed by atoms with Crippen LogP contribution < -0.4 is 5.73 Å². The van der Waals surface area contributed by atoms with Crippen LogP contribution in [0, 0.1) is 0 Å². The van der Waals surface area contributed by atoms with Gasteiger partial charge in [-0.15, -0.1) is 0 Å². The average molecular weight is 238 g/mol. The van der Waals surface area contributed by atoms with E-state index in [0.717, 1.165) is 15.8 Å². The van der Waals surface area contributed by atoms with Crippen LogP contribution in [0.4, 0.5) is 5.69 Å². The molecule has 0 atom stereocenters. The van der Waals surface area contributed by atoms with Gasteiger partial charge < -0.3 is 10.3 Å². The zero-order chi connectivity index (χ0) is 9.26. The van der Waals surface area contributed by atoms with Crippen LogP contribution in [0.25, 0.3) is 5.69 Å². The minimum absolute atomic E-state index is 0.728. The highest BCUT2D eigenvalue weighted by Crippen LogP contribution is 2.21. The van der Waals surface area contributed by atoms with Crippen LogP contribution in [0.2, 0.25) is 0 Å². The van der Waals surface area contributed by atoms with E-state index in [0.29, 0.717) is 0 Å². The van der Waals surface area contributed by atoms with Gasteiger partial charge in [-0.25, -0.2) is 4.98 Å². The van der Waals surface area contributed by atoms with Gasteiger partial charge in [0.1, 0.15) is 0 Å². The second kappa shape index (κ2) is 3.22. The standard InChI is InChI=1S/C9H8BrN3/c10-8-2-1-7(5-9(8)11)13-4-3-12-6-13/h1-6H,11H2. The van der Waals surface area contributed by atoms with Crippen molar-refractivity contribution in [1.82, 2.24) is 9.55 Å². The number of halogens is 1. The lowest BCUT2D eigenvalue weighted by Gasteiger charge is -2.03. The van der Waals surface area contributed by atoms with Gasteiger partial charge in [0.05, 0.1) is 6.33 Å². The summed E-state index contributed by atoms with van der Waals surface area (Å²) in [5, 5.41) is 0. The summed E-state index contributed by atoms with van der Waals surface area (Å²) in [5.41, 5.74) is 7.49. The van der Waals surface area contributed by atoms with Gasteiger partial charge in [-0.05, 0) is 34.1 Å². The van der Waals surface area contributed by atoms with Crippen molar-refractivity contribution in [2.75, 3.05) is 5.73 Å². The van der Waals surface area contributed by atoms with Crippen LogP contribution in [-0.2, 0) is 0 Å². The van der Waals surface area contributed by atoms with Crippen molar-refractivity contribution in [2.24, 2.45) is 0 Å². The molecule has 2 aromatic rings. The zero-order valence-corrected chi connectivity index (χ0v) is 8.40. The van der Waals surface area contributed by atoms with Crippen LogP contribution in [0.1, 0.15) is 0 Å². The van der Waals surface area contributed by atoms with E-state index < -0.39 is 0 Å². The lowest BCUT2D eigenvalue weighted by Crippen LogP contribution is -1.93. The van der Waals surface area contributed by atoms with Crippen LogP contribution >= 0.6 is 15.9 Å². The second-order valence-corrected chi connectivity index (χ2v) is 3.53. The maximum absolute atomic E-state index is 5.75. The summed E-state index contributed by atoms with van der Waals surface area (Å²) < 4.78 is 2.82. The maximum Gasteiger partial charge on any atom is 0.0991 e. The van der Waals surface area contributed by atoms with Gasteiger partial charge in [-0.3, -0.25) is 0 Å². The molecular formula is C9H8BrN3. The fraction of sp³-hybridized carbons (Fsp3) is 0. The fourth-order valence-electron chi connectivity index (χ4n) is 1.10. The smallest absolute Gasteiger partial charge is 0.0991 e. The summed E-state index contributed by atoms with van der Waals surface area (Å²) in [5.74, 6) is 0. The van der Waals surface area contributed by atoms with E-state index in [2.05, 4.69) is 20.9 Å². The molecule has 2 rings (SSSR count). The minimum Gasteiger partial charge on any atom is -0.398 e. The first-order valence-corrected chi connectivity index (χ1v) is 4.60. The first kappa shape index (κ1) is 8.31. The maximum atomic E-state index is 5.75. The third kappa shape index (κ3) is 1.58. The zero-order valence-electron chi connectivity index (χ0n) is 6.81. The van der Waals surface area contributed by atoms with E-state index in [1.165, 1.54) is 0 Å². The Balaban J connectivity index is 2.49. The van der Waals surface area contributed by atoms with Crippen molar-refractivity contribution >= 4 is 21.6 Å². The molecule has 0 unspecified atom stereocenters. The number of imidazole rings is 1. The fourth-order valence-corrected chi connectivity index (χ4v) is 1.35. The molecule has 0 saturated heterocycles. The average Bonchev–Trinajstić information content (AvgIpc) is 2.62. The molecular weight excluding hydrogens is 230 g/mol. The van der Waals surface area contributed by atoms with Crippen molar-refractivity contribution in [3.63, 3.8) is 0 Å². The Morgan fingerprint density at radius 2 is 2.23 bits per heavy atom. The van der Waals surface area contributed by atoms with Crippen LogP contribution in [0.15, 0.2) is 41.4 Å². The molecule has 0 fully saturated rings. The van der Waals surface area contributed by atoms with E-state index in [1.807, 2.05) is 29.0 Å². The molecule has 66 valence electrons. The van der Waals surface area contributed by atoms with E-state index in [9.17, 15) is 0 Å². The second-order valence-electron chi connectivity index (χ2n) is 2.68. The molecule has 0 amide bonds. The van der Waals surface area contributed by atoms with Crippen molar-refractivity contribution in [2.45, 2.75) is 0 Å². The molecule has 1 aromatic heterocycles. The summed E-state index contributed by atoms with van der Waals surface area (Å²) in [6.07, 6.45) is 5.35. The SMILES string of the molecule is Nc1cc(-n2ccnc2)ccc1Br. The van der Waals surface area contributed by atoms with Crippen molar-refractivity contribution in [3.05, 3.63) is 41.4 Å². The quantitative estimate of drug-likeness (QED) is 0.774. The number of hydrogen-bond acceptors (Lipinski definition) is 2. The van der Waals surface area contributed by atoms with Gasteiger partial charge in [0, 0.05) is 28.2 Å². The molecule has 4 heteroatoms. The minimum atomic E-state index is 0.728. The number of anilines is 1. The number of hydrogen-bond donors (Lipinski definition) is 1. The van der Waals surface area contributed by atoms with E-state index in [1.54, 1.807) is 12.5 Å². The Morgan fingerprint density at radius 1 is 1.38 bits per heavy atom. The van der Waals surface area contributed by atoms with E-state index in [-0.39, 0.29) is 0 Å². The first-order valence-electron chi connectivity index (χ1n) is 3.81. The Labute approximate surface area is 84.3 Å². The highest BCUT2D eigenvalue weighted by molar-refractivity contribution is 9.10. The third-order valence-corrected chi connectivity index (χ3v) is 2.50. The molecule has 0 spiro atoms. The first-order chi connectivity index (χ1) is 6.27. The molecule has 1 heterocycles. The Hall–Kier alpha value is -1.29. The topological polar surface area (TPSA) is 43.8 Å². The molecule has 0 bridgehead atoms. The number of nitrogens with zero attached hydrogens (tertiary/aromatic N) is 2. The molecule has 0 saturated carbocycles. The molecule has 0 aliphatic carbocycles. The molecule has 13 heavy (non-hydrogen) atoms. The highest BCUT2D eigenvalue weighted by Gasteiger charge is 1.98. The molecule has 3 nitrogen and oxygen atoms in total. The summed E-state index contributed by atoms with van der Waals surface area (Å²) >= 11 is 3.34. The predicted molar refractivity (Wildman–Crippen MR) is 55.7 cm³/mol. The van der Waals surface area contributed by atoms with Crippen molar-refractivity contribution in [1.29, 1.82) is 0 Å². The van der Waals surface area contributed by atoms with Crippen LogP contribution in [-0.4, -0.2) is 9.55 Å². The lowest BCUT2D eigenvalue weighted by molar-refractivity contribution is 1.06.